The minimum absolute atomic E-state index is 0.0254. The molecule has 2 saturated heterocycles. The number of piperazine rings is 1. The average molecular weight is 463 g/mol. The lowest BCUT2D eigenvalue weighted by atomic mass is 9.98. The highest BCUT2D eigenvalue weighted by Gasteiger charge is 2.29. The van der Waals surface area contributed by atoms with Gasteiger partial charge in [-0.15, -0.1) is 0 Å². The number of hydrogen-bond donors (Lipinski definition) is 1. The van der Waals surface area contributed by atoms with Gasteiger partial charge < -0.3 is 10.1 Å². The van der Waals surface area contributed by atoms with Crippen LogP contribution in [0.2, 0.25) is 0 Å². The third kappa shape index (κ3) is 7.24. The highest BCUT2D eigenvalue weighted by Crippen LogP contribution is 2.25. The Labute approximate surface area is 204 Å². The second kappa shape index (κ2) is 12.8. The summed E-state index contributed by atoms with van der Waals surface area (Å²) in [4.78, 5) is 20.1. The molecule has 2 aliphatic rings. The van der Waals surface area contributed by atoms with Gasteiger partial charge in [0.25, 0.3) is 0 Å². The van der Waals surface area contributed by atoms with Gasteiger partial charge in [-0.2, -0.15) is 0 Å². The first-order valence-electron chi connectivity index (χ1n) is 12.5. The molecule has 182 valence electrons. The van der Waals surface area contributed by atoms with Crippen molar-refractivity contribution in [3.05, 3.63) is 77.9 Å². The topological polar surface area (TPSA) is 48.1 Å². The highest BCUT2D eigenvalue weighted by atomic mass is 16.5. The lowest BCUT2D eigenvalue weighted by molar-refractivity contribution is -0.123. The molecule has 1 amide bonds. The lowest BCUT2D eigenvalue weighted by Gasteiger charge is -2.39. The monoisotopic (exact) mass is 462 g/mol. The third-order valence-electron chi connectivity index (χ3n) is 6.75. The molecular weight excluding hydrogens is 424 g/mol. The van der Waals surface area contributed by atoms with E-state index in [-0.39, 0.29) is 18.0 Å². The van der Waals surface area contributed by atoms with Gasteiger partial charge in [0.1, 0.15) is 0 Å². The molecule has 2 atom stereocenters. The largest absolute Gasteiger partial charge is 0.379 e. The predicted molar refractivity (Wildman–Crippen MR) is 138 cm³/mol. The number of rotatable bonds is 9. The van der Waals surface area contributed by atoms with Crippen LogP contribution >= 0.6 is 0 Å². The van der Waals surface area contributed by atoms with Crippen LogP contribution in [-0.4, -0.2) is 92.2 Å². The van der Waals surface area contributed by atoms with Crippen LogP contribution in [0.25, 0.3) is 6.08 Å². The van der Waals surface area contributed by atoms with E-state index in [9.17, 15) is 4.79 Å². The number of nitrogens with zero attached hydrogens (tertiary/aromatic N) is 3. The van der Waals surface area contributed by atoms with Crippen LogP contribution < -0.4 is 5.32 Å². The first kappa shape index (κ1) is 24.6. The summed E-state index contributed by atoms with van der Waals surface area (Å²) in [5, 5.41) is 3.30. The minimum Gasteiger partial charge on any atom is -0.379 e. The highest BCUT2D eigenvalue weighted by molar-refractivity contribution is 5.78. The second-order valence-electron chi connectivity index (χ2n) is 9.25. The number of carbonyl (C=O) groups is 1. The molecule has 0 saturated carbocycles. The van der Waals surface area contributed by atoms with Crippen molar-refractivity contribution in [1.82, 2.24) is 20.0 Å². The van der Waals surface area contributed by atoms with Crippen molar-refractivity contribution in [1.29, 1.82) is 0 Å². The Morgan fingerprint density at radius 3 is 2.21 bits per heavy atom. The summed E-state index contributed by atoms with van der Waals surface area (Å²) in [6, 6.07) is 21.1. The fraction of sp³-hybridized carbons (Fsp3) is 0.464. The maximum Gasteiger partial charge on any atom is 0.234 e. The molecule has 0 spiro atoms. The van der Waals surface area contributed by atoms with E-state index >= 15 is 0 Å². The lowest BCUT2D eigenvalue weighted by Crippen LogP contribution is -2.52. The van der Waals surface area contributed by atoms with Crippen molar-refractivity contribution in [2.24, 2.45) is 0 Å². The van der Waals surface area contributed by atoms with E-state index in [1.807, 2.05) is 12.1 Å². The summed E-state index contributed by atoms with van der Waals surface area (Å²) in [5.74, 6) is 0.110. The summed E-state index contributed by atoms with van der Waals surface area (Å²) in [6.45, 7) is 10.6. The van der Waals surface area contributed by atoms with Crippen LogP contribution in [0.3, 0.4) is 0 Å². The van der Waals surface area contributed by atoms with Crippen molar-refractivity contribution in [2.45, 2.75) is 19.0 Å². The quantitative estimate of drug-likeness (QED) is 0.621. The molecular formula is C28H38N4O2. The summed E-state index contributed by atoms with van der Waals surface area (Å²) in [5.41, 5.74) is 2.48. The Morgan fingerprint density at radius 1 is 0.912 bits per heavy atom. The number of morpholine rings is 1. The average Bonchev–Trinajstić information content (AvgIpc) is 2.87. The molecule has 1 N–H and O–H groups in total. The van der Waals surface area contributed by atoms with E-state index in [4.69, 9.17) is 4.74 Å². The molecule has 2 fully saturated rings. The summed E-state index contributed by atoms with van der Waals surface area (Å²) < 4.78 is 5.56. The van der Waals surface area contributed by atoms with Gasteiger partial charge in [-0.1, -0.05) is 72.8 Å². The number of benzene rings is 2. The number of nitrogens with one attached hydrogen (secondary N) is 1. The third-order valence-corrected chi connectivity index (χ3v) is 6.75. The Bertz CT molecular complexity index is 891. The van der Waals surface area contributed by atoms with Gasteiger partial charge >= 0.3 is 0 Å². The van der Waals surface area contributed by atoms with Crippen LogP contribution in [0.15, 0.2) is 66.7 Å². The maximum atomic E-state index is 12.9. The number of amides is 1. The van der Waals surface area contributed by atoms with Crippen LogP contribution in [0.5, 0.6) is 0 Å². The minimum atomic E-state index is 0.0254. The Balaban J connectivity index is 1.24. The van der Waals surface area contributed by atoms with E-state index in [1.54, 1.807) is 0 Å². The molecule has 0 aromatic heterocycles. The molecule has 6 heteroatoms. The zero-order valence-electron chi connectivity index (χ0n) is 20.3. The number of ether oxygens (including phenoxy) is 1. The van der Waals surface area contributed by atoms with Crippen LogP contribution in [0, 0.1) is 0 Å². The van der Waals surface area contributed by atoms with Gasteiger partial charge in [0, 0.05) is 51.9 Å². The van der Waals surface area contributed by atoms with Crippen LogP contribution in [0.1, 0.15) is 24.1 Å². The SMILES string of the molecule is CC(NC(=O)CN1CCN(CC=Cc2ccccc2)CC1)C(c1ccccc1)N1CCOCC1. The Kier molecular flexibility index (Phi) is 9.27. The molecule has 0 radical (unpaired) electrons. The molecule has 2 aliphatic heterocycles. The summed E-state index contributed by atoms with van der Waals surface area (Å²) >= 11 is 0. The van der Waals surface area contributed by atoms with Crippen molar-refractivity contribution in [3.8, 4) is 0 Å². The fourth-order valence-corrected chi connectivity index (χ4v) is 4.94. The van der Waals surface area contributed by atoms with Gasteiger partial charge in [0.2, 0.25) is 5.91 Å². The molecule has 6 nitrogen and oxygen atoms in total. The Morgan fingerprint density at radius 2 is 1.53 bits per heavy atom. The molecule has 2 aromatic rings. The zero-order valence-corrected chi connectivity index (χ0v) is 20.3. The van der Waals surface area contributed by atoms with E-state index in [0.29, 0.717) is 6.54 Å². The zero-order chi connectivity index (χ0) is 23.6. The standard InChI is InChI=1S/C28H38N4O2/c1-24(28(26-12-6-3-7-13-26)32-19-21-34-22-20-32)29-27(33)23-31-17-15-30(16-18-31)14-8-11-25-9-4-2-5-10-25/h2-13,24,28H,14-23H2,1H3,(H,29,33). The van der Waals surface area contributed by atoms with E-state index in [2.05, 4.69) is 87.6 Å². The van der Waals surface area contributed by atoms with E-state index in [1.165, 1.54) is 11.1 Å². The van der Waals surface area contributed by atoms with Crippen molar-refractivity contribution < 1.29 is 9.53 Å². The number of carbonyl (C=O) groups excluding carboxylic acids is 1. The van der Waals surface area contributed by atoms with Gasteiger partial charge in [-0.05, 0) is 18.1 Å². The second-order valence-corrected chi connectivity index (χ2v) is 9.25. The van der Waals surface area contributed by atoms with E-state index in [0.717, 1.165) is 59.0 Å². The van der Waals surface area contributed by atoms with Crippen molar-refractivity contribution in [2.75, 3.05) is 65.6 Å². The van der Waals surface area contributed by atoms with Gasteiger partial charge in [-0.25, -0.2) is 0 Å². The van der Waals surface area contributed by atoms with Crippen molar-refractivity contribution >= 4 is 12.0 Å². The summed E-state index contributed by atoms with van der Waals surface area (Å²) in [6.07, 6.45) is 4.41. The van der Waals surface area contributed by atoms with Crippen LogP contribution in [0.4, 0.5) is 0 Å². The molecule has 34 heavy (non-hydrogen) atoms. The first-order valence-corrected chi connectivity index (χ1v) is 12.5. The van der Waals surface area contributed by atoms with Gasteiger partial charge in [0.15, 0.2) is 0 Å². The molecule has 2 aromatic carbocycles. The number of hydrogen-bond acceptors (Lipinski definition) is 5. The van der Waals surface area contributed by atoms with Crippen molar-refractivity contribution in [3.63, 3.8) is 0 Å². The maximum absolute atomic E-state index is 12.9. The first-order chi connectivity index (χ1) is 16.7. The smallest absolute Gasteiger partial charge is 0.234 e. The van der Waals surface area contributed by atoms with Gasteiger partial charge in [0.05, 0.1) is 25.8 Å². The molecule has 0 aliphatic carbocycles. The normalized spacial score (nSPS) is 20.3. The Hall–Kier alpha value is -2.51. The fourth-order valence-electron chi connectivity index (χ4n) is 4.94. The predicted octanol–water partition coefficient (Wildman–Crippen LogP) is 2.90. The molecule has 2 unspecified atom stereocenters. The molecule has 0 bridgehead atoms. The summed E-state index contributed by atoms with van der Waals surface area (Å²) in [7, 11) is 0. The van der Waals surface area contributed by atoms with E-state index < -0.39 is 0 Å². The molecule has 4 rings (SSSR count). The molecule has 2 heterocycles. The van der Waals surface area contributed by atoms with Gasteiger partial charge in [-0.3, -0.25) is 19.5 Å². The van der Waals surface area contributed by atoms with Crippen LogP contribution in [-0.2, 0) is 9.53 Å².